The highest BCUT2D eigenvalue weighted by Gasteiger charge is 2.38. The zero-order valence-electron chi connectivity index (χ0n) is 13.9. The fourth-order valence-electron chi connectivity index (χ4n) is 2.87. The lowest BCUT2D eigenvalue weighted by molar-refractivity contribution is -0.142. The molecular weight excluding hydrogens is 339 g/mol. The lowest BCUT2D eigenvalue weighted by Gasteiger charge is -2.32. The molecule has 1 amide bonds. The third-order valence-electron chi connectivity index (χ3n) is 4.53. The fourth-order valence-corrected chi connectivity index (χ4v) is 2.87. The zero-order valence-corrected chi connectivity index (χ0v) is 13.9. The van der Waals surface area contributed by atoms with Crippen molar-refractivity contribution in [1.29, 1.82) is 0 Å². The van der Waals surface area contributed by atoms with Gasteiger partial charge in [0.05, 0.1) is 18.4 Å². The van der Waals surface area contributed by atoms with Gasteiger partial charge < -0.3 is 9.64 Å². The van der Waals surface area contributed by atoms with Crippen molar-refractivity contribution in [3.63, 3.8) is 0 Å². The molecule has 0 N–H and O–H groups in total. The molecule has 1 unspecified atom stereocenters. The maximum atomic E-state index is 13.1. The van der Waals surface area contributed by atoms with Crippen LogP contribution in [-0.4, -0.2) is 46.4 Å². The summed E-state index contributed by atoms with van der Waals surface area (Å²) in [6.07, 6.45) is -2.63. The second kappa shape index (κ2) is 6.78. The van der Waals surface area contributed by atoms with Crippen molar-refractivity contribution in [2.75, 3.05) is 19.7 Å². The molecule has 0 aromatic carbocycles. The highest BCUT2D eigenvalue weighted by Crippen LogP contribution is 2.40. The first-order valence-corrected chi connectivity index (χ1v) is 8.38. The summed E-state index contributed by atoms with van der Waals surface area (Å²) in [4.78, 5) is 26.1. The average Bonchev–Trinajstić information content (AvgIpc) is 3.40. The van der Waals surface area contributed by atoms with E-state index in [4.69, 9.17) is 4.74 Å². The molecule has 0 spiro atoms. The monoisotopic (exact) mass is 359 g/mol. The van der Waals surface area contributed by atoms with E-state index in [1.807, 2.05) is 6.92 Å². The number of hydrogen-bond donors (Lipinski definition) is 0. The highest BCUT2D eigenvalue weighted by atomic mass is 19.4. The van der Waals surface area contributed by atoms with Gasteiger partial charge in [-0.25, -0.2) is 4.68 Å². The molecule has 1 aromatic heterocycles. The van der Waals surface area contributed by atoms with Crippen molar-refractivity contribution in [3.8, 4) is 0 Å². The van der Waals surface area contributed by atoms with E-state index in [-0.39, 0.29) is 17.7 Å². The number of hydrogen-bond acceptors (Lipinski definition) is 4. The van der Waals surface area contributed by atoms with Gasteiger partial charge in [-0.15, -0.1) is 0 Å². The smallest absolute Gasteiger partial charge is 0.375 e. The number of carbonyl (C=O) groups excluding carboxylic acids is 1. The van der Waals surface area contributed by atoms with Crippen LogP contribution in [0, 0.1) is 0 Å². The highest BCUT2D eigenvalue weighted by molar-refractivity contribution is 5.76. The summed E-state index contributed by atoms with van der Waals surface area (Å²) >= 11 is 0. The minimum absolute atomic E-state index is 0.0593. The number of aromatic nitrogens is 2. The van der Waals surface area contributed by atoms with Gasteiger partial charge in [0, 0.05) is 19.0 Å². The number of carbonyl (C=O) groups is 1. The lowest BCUT2D eigenvalue weighted by Crippen LogP contribution is -2.47. The summed E-state index contributed by atoms with van der Waals surface area (Å²) in [5, 5.41) is 4.01. The van der Waals surface area contributed by atoms with Gasteiger partial charge in [-0.2, -0.15) is 18.3 Å². The van der Waals surface area contributed by atoms with Crippen molar-refractivity contribution >= 4 is 5.91 Å². The lowest BCUT2D eigenvalue weighted by atomic mass is 10.2. The molecule has 6 nitrogen and oxygen atoms in total. The summed E-state index contributed by atoms with van der Waals surface area (Å²) < 4.78 is 45.5. The Morgan fingerprint density at radius 2 is 2.12 bits per heavy atom. The van der Waals surface area contributed by atoms with E-state index in [0.29, 0.717) is 24.4 Å². The molecule has 2 fully saturated rings. The number of nitrogens with zero attached hydrogens (tertiary/aromatic N) is 3. The molecule has 2 heterocycles. The number of halogens is 3. The van der Waals surface area contributed by atoms with Crippen molar-refractivity contribution in [2.45, 2.75) is 50.9 Å². The van der Waals surface area contributed by atoms with Crippen LogP contribution >= 0.6 is 0 Å². The Morgan fingerprint density at radius 1 is 1.40 bits per heavy atom. The standard InChI is InChI=1S/C16H20F3N3O3/c1-2-11-8-21(5-6-25-11)14(23)9-22-15(24)12(16(17,18)19)7-13(20-22)10-3-4-10/h7,10-11H,2-6,8-9H2,1H3. The summed E-state index contributed by atoms with van der Waals surface area (Å²) in [6, 6.07) is 0.822. The molecule has 1 aliphatic heterocycles. The molecule has 1 aromatic rings. The summed E-state index contributed by atoms with van der Waals surface area (Å²) in [7, 11) is 0. The van der Waals surface area contributed by atoms with Crippen LogP contribution in [0.25, 0.3) is 0 Å². The minimum Gasteiger partial charge on any atom is -0.375 e. The van der Waals surface area contributed by atoms with Crippen molar-refractivity contribution < 1.29 is 22.7 Å². The number of rotatable bonds is 4. The first-order valence-electron chi connectivity index (χ1n) is 8.38. The van der Waals surface area contributed by atoms with Crippen LogP contribution in [0.1, 0.15) is 43.4 Å². The Bertz CT molecular complexity index is 713. The van der Waals surface area contributed by atoms with E-state index in [0.717, 1.165) is 25.3 Å². The Morgan fingerprint density at radius 3 is 2.72 bits per heavy atom. The predicted octanol–water partition coefficient (Wildman–Crippen LogP) is 1.78. The molecule has 1 saturated heterocycles. The second-order valence-electron chi connectivity index (χ2n) is 6.46. The molecule has 1 atom stereocenters. The SMILES string of the molecule is CCC1CN(C(=O)Cn2nc(C3CC3)cc(C(F)(F)F)c2=O)CCO1. The van der Waals surface area contributed by atoms with E-state index in [1.54, 1.807) is 0 Å². The van der Waals surface area contributed by atoms with Gasteiger partial charge in [-0.1, -0.05) is 6.92 Å². The molecule has 0 radical (unpaired) electrons. The molecule has 138 valence electrons. The average molecular weight is 359 g/mol. The van der Waals surface area contributed by atoms with Crippen LogP contribution < -0.4 is 5.56 Å². The maximum absolute atomic E-state index is 13.1. The first-order chi connectivity index (χ1) is 11.8. The minimum atomic E-state index is -4.76. The van der Waals surface area contributed by atoms with E-state index < -0.39 is 29.8 Å². The normalized spacial score (nSPS) is 21.4. The molecule has 9 heteroatoms. The van der Waals surface area contributed by atoms with Gasteiger partial charge >= 0.3 is 6.18 Å². The molecule has 25 heavy (non-hydrogen) atoms. The van der Waals surface area contributed by atoms with Crippen LogP contribution in [0.3, 0.4) is 0 Å². The summed E-state index contributed by atoms with van der Waals surface area (Å²) in [5.41, 5.74) is -2.30. The van der Waals surface area contributed by atoms with Crippen molar-refractivity contribution in [1.82, 2.24) is 14.7 Å². The van der Waals surface area contributed by atoms with Gasteiger partial charge in [-0.3, -0.25) is 9.59 Å². The Kier molecular flexibility index (Phi) is 4.86. The molecular formula is C16H20F3N3O3. The largest absolute Gasteiger partial charge is 0.421 e. The summed E-state index contributed by atoms with van der Waals surface area (Å²) in [6.45, 7) is 2.55. The maximum Gasteiger partial charge on any atom is 0.421 e. The van der Waals surface area contributed by atoms with Gasteiger partial charge in [0.2, 0.25) is 5.91 Å². The fraction of sp³-hybridized carbons (Fsp3) is 0.688. The topological polar surface area (TPSA) is 64.4 Å². The quantitative estimate of drug-likeness (QED) is 0.822. The first kappa shape index (κ1) is 17.9. The molecule has 3 rings (SSSR count). The Hall–Kier alpha value is -1.90. The second-order valence-corrected chi connectivity index (χ2v) is 6.46. The molecule has 1 saturated carbocycles. The van der Waals surface area contributed by atoms with Crippen LogP contribution in [0.5, 0.6) is 0 Å². The van der Waals surface area contributed by atoms with Crippen LogP contribution in [0.15, 0.2) is 10.9 Å². The Labute approximate surface area is 142 Å². The van der Waals surface area contributed by atoms with Crippen LogP contribution in [0.2, 0.25) is 0 Å². The van der Waals surface area contributed by atoms with E-state index in [2.05, 4.69) is 5.10 Å². The third kappa shape index (κ3) is 4.02. The molecule has 1 aliphatic carbocycles. The van der Waals surface area contributed by atoms with Crippen molar-refractivity contribution in [2.24, 2.45) is 0 Å². The predicted molar refractivity (Wildman–Crippen MR) is 82.1 cm³/mol. The number of morpholine rings is 1. The zero-order chi connectivity index (χ0) is 18.2. The molecule has 2 aliphatic rings. The van der Waals surface area contributed by atoms with Gasteiger partial charge in [0.25, 0.3) is 5.56 Å². The summed E-state index contributed by atoms with van der Waals surface area (Å²) in [5.74, 6) is -0.478. The van der Waals surface area contributed by atoms with Gasteiger partial charge in [0.1, 0.15) is 12.1 Å². The number of alkyl halides is 3. The van der Waals surface area contributed by atoms with Crippen LogP contribution in [0.4, 0.5) is 13.2 Å². The third-order valence-corrected chi connectivity index (χ3v) is 4.53. The van der Waals surface area contributed by atoms with Crippen LogP contribution in [-0.2, 0) is 22.3 Å². The van der Waals surface area contributed by atoms with E-state index >= 15 is 0 Å². The number of amides is 1. The van der Waals surface area contributed by atoms with Gasteiger partial charge in [-0.05, 0) is 25.3 Å². The molecule has 0 bridgehead atoms. The van der Waals surface area contributed by atoms with Gasteiger partial charge in [0.15, 0.2) is 0 Å². The number of ether oxygens (including phenoxy) is 1. The van der Waals surface area contributed by atoms with E-state index in [1.165, 1.54) is 4.90 Å². The van der Waals surface area contributed by atoms with E-state index in [9.17, 15) is 22.8 Å². The van der Waals surface area contributed by atoms with Crippen molar-refractivity contribution in [3.05, 3.63) is 27.7 Å². The Balaban J connectivity index is 1.85.